The lowest BCUT2D eigenvalue weighted by atomic mass is 10.1. The molecule has 1 aliphatic rings. The fourth-order valence-corrected chi connectivity index (χ4v) is 6.86. The second kappa shape index (κ2) is 14.7. The molecule has 4 aromatic rings. The van der Waals surface area contributed by atoms with Crippen LogP contribution in [-0.4, -0.2) is 62.1 Å². The lowest BCUT2D eigenvalue weighted by molar-refractivity contribution is -0.146. The number of nitrogens with two attached hydrogens (primary N) is 1. The molecule has 242 valence electrons. The molecule has 2 unspecified atom stereocenters. The Hall–Kier alpha value is -3.61. The molecular weight excluding hydrogens is 599 g/mol. The molecule has 2 aromatic carbocycles. The van der Waals surface area contributed by atoms with E-state index in [-0.39, 0.29) is 31.4 Å². The van der Waals surface area contributed by atoms with Crippen molar-refractivity contribution in [2.24, 2.45) is 5.92 Å². The van der Waals surface area contributed by atoms with Crippen molar-refractivity contribution in [1.82, 2.24) is 24.6 Å². The van der Waals surface area contributed by atoms with Gasteiger partial charge in [0, 0.05) is 11.8 Å². The largest absolute Gasteiger partial charge is 0.465 e. The second-order valence-electron chi connectivity index (χ2n) is 11.6. The molecule has 0 spiro atoms. The third kappa shape index (κ3) is 7.98. The number of rotatable bonds is 15. The first-order valence-corrected chi connectivity index (χ1v) is 16.8. The number of hydrogen-bond donors (Lipinski definition) is 3. The molecule has 0 bridgehead atoms. The van der Waals surface area contributed by atoms with Gasteiger partial charge in [-0.1, -0.05) is 70.0 Å². The topological polar surface area (TPSA) is 173 Å². The lowest BCUT2D eigenvalue weighted by Crippen LogP contribution is -2.39. The number of aliphatic hydroxyl groups excluding tert-OH is 1. The standard InChI is InChI=1S/C31H41N6O7P/c1-4-5-8-14-41-31(39)24(15-20(2)3)36-45(40,44-26-13-9-11-21-10-6-7-12-23(21)26)42-17-22-16-25(38)30(43-22)37-19-35-27-28(32)33-18-34-29(27)37/h6-7,9-13,18-20,22,24-25,30,38H,4-5,8,14-17H2,1-3H3,(H,36,40)(H2,32,33,34)/t22-,24?,25+,30+,45?/m0/s1. The van der Waals surface area contributed by atoms with E-state index in [0.29, 0.717) is 23.3 Å². The molecule has 5 atom stereocenters. The molecule has 1 fully saturated rings. The van der Waals surface area contributed by atoms with Crippen LogP contribution in [0.3, 0.4) is 0 Å². The van der Waals surface area contributed by atoms with Gasteiger partial charge in [-0.3, -0.25) is 13.9 Å². The summed E-state index contributed by atoms with van der Waals surface area (Å²) in [5.74, 6) is 0.0964. The number of nitrogens with zero attached hydrogens (tertiary/aromatic N) is 4. The maximum absolute atomic E-state index is 14.5. The van der Waals surface area contributed by atoms with Crippen molar-refractivity contribution in [3.8, 4) is 5.75 Å². The van der Waals surface area contributed by atoms with Gasteiger partial charge in [0.1, 0.15) is 29.7 Å². The number of unbranched alkanes of at least 4 members (excludes halogenated alkanes) is 2. The number of fused-ring (bicyclic) bond motifs is 2. The van der Waals surface area contributed by atoms with E-state index in [9.17, 15) is 14.5 Å². The summed E-state index contributed by atoms with van der Waals surface area (Å²) in [4.78, 5) is 25.6. The van der Waals surface area contributed by atoms with Crippen molar-refractivity contribution in [2.75, 3.05) is 18.9 Å². The Morgan fingerprint density at radius 3 is 2.78 bits per heavy atom. The highest BCUT2D eigenvalue weighted by Gasteiger charge is 2.40. The van der Waals surface area contributed by atoms with Crippen LogP contribution in [0, 0.1) is 5.92 Å². The molecule has 0 amide bonds. The summed E-state index contributed by atoms with van der Waals surface area (Å²) in [6.45, 7) is 6.06. The summed E-state index contributed by atoms with van der Waals surface area (Å²) < 4.78 is 39.9. The average Bonchev–Trinajstić information content (AvgIpc) is 3.61. The van der Waals surface area contributed by atoms with Gasteiger partial charge in [0.25, 0.3) is 0 Å². The van der Waals surface area contributed by atoms with E-state index >= 15 is 0 Å². The Bertz CT molecular complexity index is 1640. The fraction of sp³-hybridized carbons (Fsp3) is 0.484. The average molecular weight is 641 g/mol. The predicted octanol–water partition coefficient (Wildman–Crippen LogP) is 5.15. The van der Waals surface area contributed by atoms with Crippen LogP contribution in [0.1, 0.15) is 59.1 Å². The summed E-state index contributed by atoms with van der Waals surface area (Å²) in [5.41, 5.74) is 6.72. The van der Waals surface area contributed by atoms with Gasteiger partial charge in [-0.05, 0) is 30.2 Å². The molecule has 14 heteroatoms. The van der Waals surface area contributed by atoms with Crippen LogP contribution in [-0.2, 0) is 23.4 Å². The Morgan fingerprint density at radius 2 is 1.98 bits per heavy atom. The molecule has 45 heavy (non-hydrogen) atoms. The maximum Gasteiger partial charge on any atom is 0.459 e. The Kier molecular flexibility index (Phi) is 10.7. The van der Waals surface area contributed by atoms with Crippen molar-refractivity contribution >= 4 is 41.5 Å². The van der Waals surface area contributed by atoms with Gasteiger partial charge in [0.15, 0.2) is 17.7 Å². The molecule has 4 N–H and O–H groups in total. The van der Waals surface area contributed by atoms with Gasteiger partial charge in [0.2, 0.25) is 0 Å². The van der Waals surface area contributed by atoms with E-state index in [1.165, 1.54) is 12.7 Å². The molecule has 13 nitrogen and oxygen atoms in total. The first kappa shape index (κ1) is 32.8. The first-order valence-electron chi connectivity index (χ1n) is 15.3. The van der Waals surface area contributed by atoms with Gasteiger partial charge < -0.3 is 24.8 Å². The molecule has 0 radical (unpaired) electrons. The zero-order valence-corrected chi connectivity index (χ0v) is 26.6. The number of aromatic nitrogens is 4. The third-order valence-electron chi connectivity index (χ3n) is 7.52. The Morgan fingerprint density at radius 1 is 1.18 bits per heavy atom. The van der Waals surface area contributed by atoms with Crippen LogP contribution in [0.5, 0.6) is 5.75 Å². The van der Waals surface area contributed by atoms with Crippen molar-refractivity contribution in [3.05, 3.63) is 55.1 Å². The number of ether oxygens (including phenoxy) is 2. The second-order valence-corrected chi connectivity index (χ2v) is 13.3. The number of carbonyl (C=O) groups is 1. The minimum atomic E-state index is -4.22. The summed E-state index contributed by atoms with van der Waals surface area (Å²) in [6.07, 6.45) is 3.53. The Labute approximate surface area is 262 Å². The number of anilines is 1. The number of aliphatic hydroxyl groups is 1. The highest BCUT2D eigenvalue weighted by molar-refractivity contribution is 7.52. The quantitative estimate of drug-likeness (QED) is 0.0887. The highest BCUT2D eigenvalue weighted by atomic mass is 31.2. The van der Waals surface area contributed by atoms with E-state index in [2.05, 4.69) is 27.0 Å². The molecule has 0 saturated carbocycles. The maximum atomic E-state index is 14.5. The van der Waals surface area contributed by atoms with Crippen molar-refractivity contribution < 1.29 is 33.0 Å². The number of hydrogen-bond acceptors (Lipinski definition) is 11. The molecule has 2 aromatic heterocycles. The molecular formula is C31H41N6O7P. The van der Waals surface area contributed by atoms with Gasteiger partial charge in [-0.15, -0.1) is 0 Å². The minimum Gasteiger partial charge on any atom is -0.465 e. The van der Waals surface area contributed by atoms with E-state index < -0.39 is 38.2 Å². The molecule has 3 heterocycles. The van der Waals surface area contributed by atoms with Crippen LogP contribution in [0.4, 0.5) is 5.82 Å². The number of imidazole rings is 1. The zero-order valence-electron chi connectivity index (χ0n) is 25.7. The monoisotopic (exact) mass is 640 g/mol. The van der Waals surface area contributed by atoms with Crippen molar-refractivity contribution in [1.29, 1.82) is 0 Å². The number of nitrogen functional groups attached to an aromatic ring is 1. The normalized spacial score (nSPS) is 20.4. The van der Waals surface area contributed by atoms with E-state index in [1.54, 1.807) is 16.7 Å². The SMILES string of the molecule is CCCCCOC(=O)C(CC(C)C)NP(=O)(OC[C@@H]1C[C@@H](O)[C@H](n2cnc3c(N)ncnc32)O1)Oc1cccc2ccccc12. The fourth-order valence-electron chi connectivity index (χ4n) is 5.31. The van der Waals surface area contributed by atoms with E-state index in [1.807, 2.05) is 44.2 Å². The van der Waals surface area contributed by atoms with Crippen LogP contribution in [0.15, 0.2) is 55.1 Å². The van der Waals surface area contributed by atoms with Crippen LogP contribution < -0.4 is 15.3 Å². The van der Waals surface area contributed by atoms with E-state index in [0.717, 1.165) is 30.0 Å². The Balaban J connectivity index is 1.36. The minimum absolute atomic E-state index is 0.0774. The summed E-state index contributed by atoms with van der Waals surface area (Å²) in [7, 11) is -4.22. The van der Waals surface area contributed by atoms with Gasteiger partial charge in [-0.2, -0.15) is 5.09 Å². The van der Waals surface area contributed by atoms with Crippen LogP contribution in [0.25, 0.3) is 21.9 Å². The van der Waals surface area contributed by atoms with E-state index in [4.69, 9.17) is 24.3 Å². The van der Waals surface area contributed by atoms with Crippen LogP contribution in [0.2, 0.25) is 0 Å². The van der Waals surface area contributed by atoms with Crippen molar-refractivity contribution in [2.45, 2.75) is 77.4 Å². The molecule has 0 aliphatic carbocycles. The smallest absolute Gasteiger partial charge is 0.459 e. The number of esters is 1. The third-order valence-corrected chi connectivity index (χ3v) is 9.08. The highest BCUT2D eigenvalue weighted by Crippen LogP contribution is 2.48. The zero-order chi connectivity index (χ0) is 32.0. The summed E-state index contributed by atoms with van der Waals surface area (Å²) in [5, 5.41) is 15.4. The van der Waals surface area contributed by atoms with Gasteiger partial charge >= 0.3 is 13.7 Å². The molecule has 5 rings (SSSR count). The number of nitrogens with one attached hydrogen (secondary N) is 1. The first-order chi connectivity index (χ1) is 21.7. The summed E-state index contributed by atoms with van der Waals surface area (Å²) >= 11 is 0. The number of benzene rings is 2. The molecule has 1 saturated heterocycles. The lowest BCUT2D eigenvalue weighted by Gasteiger charge is -2.27. The van der Waals surface area contributed by atoms with Crippen LogP contribution >= 0.6 is 7.75 Å². The van der Waals surface area contributed by atoms with Gasteiger partial charge in [-0.25, -0.2) is 19.5 Å². The molecule has 1 aliphatic heterocycles. The predicted molar refractivity (Wildman–Crippen MR) is 169 cm³/mol. The van der Waals surface area contributed by atoms with Gasteiger partial charge in [0.05, 0.1) is 25.6 Å². The summed E-state index contributed by atoms with van der Waals surface area (Å²) in [6, 6.07) is 12.0. The van der Waals surface area contributed by atoms with Crippen molar-refractivity contribution in [3.63, 3.8) is 0 Å². The number of carbonyl (C=O) groups excluding carboxylic acids is 1.